The summed E-state index contributed by atoms with van der Waals surface area (Å²) in [6.45, 7) is 4.04. The lowest BCUT2D eigenvalue weighted by Gasteiger charge is -2.33. The largest absolute Gasteiger partial charge is 0.490 e. The lowest BCUT2D eigenvalue weighted by atomic mass is 9.82. The van der Waals surface area contributed by atoms with Gasteiger partial charge in [0, 0.05) is 16.9 Å². The van der Waals surface area contributed by atoms with Gasteiger partial charge in [0.2, 0.25) is 0 Å². The lowest BCUT2D eigenvalue weighted by Crippen LogP contribution is -2.26. The Morgan fingerprint density at radius 1 is 1.03 bits per heavy atom. The van der Waals surface area contributed by atoms with Crippen molar-refractivity contribution in [1.29, 1.82) is 0 Å². The van der Waals surface area contributed by atoms with Crippen molar-refractivity contribution in [2.24, 2.45) is 0 Å². The molecule has 5 rings (SSSR count). The number of fused-ring (bicyclic) bond motifs is 2. The summed E-state index contributed by atoms with van der Waals surface area (Å²) in [5.74, 6) is 0.209. The maximum absolute atomic E-state index is 14.3. The van der Waals surface area contributed by atoms with Gasteiger partial charge in [-0.2, -0.15) is 0 Å². The van der Waals surface area contributed by atoms with Crippen LogP contribution < -0.4 is 4.74 Å². The van der Waals surface area contributed by atoms with Crippen molar-refractivity contribution < 1.29 is 19.0 Å². The van der Waals surface area contributed by atoms with Crippen LogP contribution in [0.3, 0.4) is 0 Å². The minimum atomic E-state index is -0.895. The van der Waals surface area contributed by atoms with Crippen LogP contribution in [0.25, 0.3) is 10.8 Å². The average molecular weight is 483 g/mol. The van der Waals surface area contributed by atoms with Crippen molar-refractivity contribution in [2.45, 2.75) is 57.5 Å². The fourth-order valence-electron chi connectivity index (χ4n) is 5.59. The first-order valence-electron chi connectivity index (χ1n) is 12.7. The molecule has 0 saturated carbocycles. The van der Waals surface area contributed by atoms with Crippen LogP contribution >= 0.6 is 0 Å². The van der Waals surface area contributed by atoms with Crippen LogP contribution in [0.1, 0.15) is 77.1 Å². The normalized spacial score (nSPS) is 17.9. The summed E-state index contributed by atoms with van der Waals surface area (Å²) in [5.41, 5.74) is 4.43. The Labute approximate surface area is 211 Å². The van der Waals surface area contributed by atoms with Gasteiger partial charge in [0.05, 0.1) is 11.7 Å². The Kier molecular flexibility index (Phi) is 6.77. The quantitative estimate of drug-likeness (QED) is 0.288. The zero-order chi connectivity index (χ0) is 25.2. The molecule has 4 heteroatoms. The lowest BCUT2D eigenvalue weighted by molar-refractivity contribution is 0.0696. The second kappa shape index (κ2) is 10.1. The van der Waals surface area contributed by atoms with Gasteiger partial charge >= 0.3 is 5.97 Å². The van der Waals surface area contributed by atoms with E-state index in [-0.39, 0.29) is 17.8 Å². The second-order valence-corrected chi connectivity index (χ2v) is 9.96. The zero-order valence-corrected chi connectivity index (χ0v) is 20.7. The summed E-state index contributed by atoms with van der Waals surface area (Å²) in [7, 11) is 0. The smallest absolute Gasteiger partial charge is 0.335 e. The Morgan fingerprint density at radius 2 is 1.78 bits per heavy atom. The highest BCUT2D eigenvalue weighted by Gasteiger charge is 2.30. The number of aromatic carboxylic acids is 1. The van der Waals surface area contributed by atoms with Gasteiger partial charge in [-0.3, -0.25) is 0 Å². The van der Waals surface area contributed by atoms with E-state index in [1.807, 2.05) is 73.7 Å². The summed E-state index contributed by atoms with van der Waals surface area (Å²) in [5, 5.41) is 11.3. The number of ether oxygens (including phenoxy) is 1. The maximum atomic E-state index is 14.3. The second-order valence-electron chi connectivity index (χ2n) is 9.96. The van der Waals surface area contributed by atoms with Gasteiger partial charge in [0.25, 0.3) is 0 Å². The Hall–Kier alpha value is -3.66. The SMILES string of the molecule is Cc1ccc([C@@H]2C[C@H](CCC[C@H](C)c3ccc(F)c4ccccc34)Oc3ccccc32)cc1C(=O)O. The summed E-state index contributed by atoms with van der Waals surface area (Å²) in [6, 6.07) is 25.0. The highest BCUT2D eigenvalue weighted by Crippen LogP contribution is 2.42. The topological polar surface area (TPSA) is 46.5 Å². The van der Waals surface area contributed by atoms with E-state index in [9.17, 15) is 14.3 Å². The standard InChI is InChI=1S/C32H31FO3/c1-20(24-16-17-30(33)26-11-4-3-10-25(24)26)8-7-9-23-19-29(27-12-5-6-13-31(27)36-23)22-15-14-21(2)28(18-22)32(34)35/h3-6,10-18,20,23,29H,7-9,19H2,1-2H3,(H,34,35)/t20-,23-,29-/m0/s1. The number of carboxylic acid groups (broad SMARTS) is 1. The molecule has 0 aliphatic carbocycles. The van der Waals surface area contributed by atoms with Crippen LogP contribution in [0, 0.1) is 12.7 Å². The molecule has 0 fully saturated rings. The van der Waals surface area contributed by atoms with E-state index in [1.54, 1.807) is 6.07 Å². The van der Waals surface area contributed by atoms with Crippen LogP contribution in [0.2, 0.25) is 0 Å². The number of para-hydroxylation sites is 1. The fraction of sp³-hybridized carbons (Fsp3) is 0.281. The van der Waals surface area contributed by atoms with Gasteiger partial charge in [-0.25, -0.2) is 9.18 Å². The van der Waals surface area contributed by atoms with Crippen molar-refractivity contribution in [3.63, 3.8) is 0 Å². The number of hydrogen-bond acceptors (Lipinski definition) is 2. The molecule has 0 spiro atoms. The van der Waals surface area contributed by atoms with E-state index in [0.29, 0.717) is 16.9 Å². The Balaban J connectivity index is 1.32. The number of halogens is 1. The maximum Gasteiger partial charge on any atom is 0.335 e. The third-order valence-electron chi connectivity index (χ3n) is 7.58. The number of benzene rings is 4. The first-order valence-corrected chi connectivity index (χ1v) is 12.7. The van der Waals surface area contributed by atoms with E-state index in [4.69, 9.17) is 4.74 Å². The van der Waals surface area contributed by atoms with Crippen molar-refractivity contribution in [2.75, 3.05) is 0 Å². The summed E-state index contributed by atoms with van der Waals surface area (Å²) in [6.07, 6.45) is 3.74. The minimum Gasteiger partial charge on any atom is -0.490 e. The van der Waals surface area contributed by atoms with Gasteiger partial charge < -0.3 is 9.84 Å². The number of hydrogen-bond donors (Lipinski definition) is 1. The van der Waals surface area contributed by atoms with Crippen molar-refractivity contribution in [3.05, 3.63) is 112 Å². The van der Waals surface area contributed by atoms with Crippen molar-refractivity contribution in [3.8, 4) is 5.75 Å². The fourth-order valence-corrected chi connectivity index (χ4v) is 5.59. The summed E-state index contributed by atoms with van der Waals surface area (Å²) < 4.78 is 20.7. The molecule has 1 heterocycles. The van der Waals surface area contributed by atoms with Crippen LogP contribution in [0.15, 0.2) is 78.9 Å². The molecule has 0 saturated heterocycles. The zero-order valence-electron chi connectivity index (χ0n) is 20.7. The van der Waals surface area contributed by atoms with Crippen molar-refractivity contribution in [1.82, 2.24) is 0 Å². The Bertz CT molecular complexity index is 1410. The highest BCUT2D eigenvalue weighted by atomic mass is 19.1. The van der Waals surface area contributed by atoms with Crippen LogP contribution in [0.5, 0.6) is 5.75 Å². The molecular weight excluding hydrogens is 451 g/mol. The summed E-state index contributed by atoms with van der Waals surface area (Å²) in [4.78, 5) is 11.7. The molecule has 36 heavy (non-hydrogen) atoms. The average Bonchev–Trinajstić information content (AvgIpc) is 2.88. The van der Waals surface area contributed by atoms with Gasteiger partial charge in [0.1, 0.15) is 11.6 Å². The van der Waals surface area contributed by atoms with Crippen LogP contribution in [-0.4, -0.2) is 17.2 Å². The Morgan fingerprint density at radius 3 is 2.58 bits per heavy atom. The van der Waals surface area contributed by atoms with Crippen molar-refractivity contribution >= 4 is 16.7 Å². The third-order valence-corrected chi connectivity index (χ3v) is 7.58. The third kappa shape index (κ3) is 4.73. The van der Waals surface area contributed by atoms with Crippen LogP contribution in [-0.2, 0) is 0 Å². The number of carboxylic acids is 1. The van der Waals surface area contributed by atoms with Crippen LogP contribution in [0.4, 0.5) is 4.39 Å². The van der Waals surface area contributed by atoms with E-state index in [2.05, 4.69) is 13.0 Å². The van der Waals surface area contributed by atoms with Gasteiger partial charge in [-0.1, -0.05) is 67.6 Å². The van der Waals surface area contributed by atoms with E-state index in [0.717, 1.165) is 53.5 Å². The molecule has 3 nitrogen and oxygen atoms in total. The van der Waals surface area contributed by atoms with E-state index < -0.39 is 5.97 Å². The molecule has 1 aliphatic rings. The highest BCUT2D eigenvalue weighted by molar-refractivity contribution is 5.89. The molecule has 184 valence electrons. The number of aryl methyl sites for hydroxylation is 1. The number of rotatable bonds is 7. The van der Waals surface area contributed by atoms with Gasteiger partial charge in [0.15, 0.2) is 0 Å². The molecule has 0 aromatic heterocycles. The molecule has 3 atom stereocenters. The predicted molar refractivity (Wildman–Crippen MR) is 142 cm³/mol. The van der Waals surface area contributed by atoms with E-state index in [1.165, 1.54) is 5.56 Å². The molecule has 4 aromatic rings. The first kappa shape index (κ1) is 24.1. The van der Waals surface area contributed by atoms with Gasteiger partial charge in [-0.05, 0) is 78.8 Å². The molecule has 0 bridgehead atoms. The molecule has 1 aliphatic heterocycles. The molecule has 1 N–H and O–H groups in total. The molecule has 0 unspecified atom stereocenters. The van der Waals surface area contributed by atoms with E-state index >= 15 is 0 Å². The molecule has 0 radical (unpaired) electrons. The molecule has 4 aromatic carbocycles. The number of carbonyl (C=O) groups is 1. The van der Waals surface area contributed by atoms with Gasteiger partial charge in [-0.15, -0.1) is 0 Å². The molecule has 0 amide bonds. The summed E-state index contributed by atoms with van der Waals surface area (Å²) >= 11 is 0. The minimum absolute atomic E-state index is 0.0524. The predicted octanol–water partition coefficient (Wildman–Crippen LogP) is 8.24. The molecular formula is C32H31FO3. The first-order chi connectivity index (χ1) is 17.4. The monoisotopic (exact) mass is 482 g/mol.